The quantitative estimate of drug-likeness (QED) is 0.248. The zero-order chi connectivity index (χ0) is 26.6. The smallest absolute Gasteiger partial charge is 0.305 e. The second kappa shape index (κ2) is 15.1. The minimum Gasteiger partial charge on any atom is -0.469 e. The number of methoxy groups -OCH3 is 1. The predicted octanol–water partition coefficient (Wildman–Crippen LogP) is 6.11. The SMILES string of the molecule is CC[C@H](CNC(=O)c1ccc(F)c(C(OCCCC(=O)OC)c2cccc(Cl)c2)c1)C[C@H]1CCCOC1. The van der Waals surface area contributed by atoms with Gasteiger partial charge < -0.3 is 19.5 Å². The average molecular weight is 534 g/mol. The number of hydrogen-bond donors (Lipinski definition) is 1. The molecule has 37 heavy (non-hydrogen) atoms. The third-order valence-electron chi connectivity index (χ3n) is 6.78. The van der Waals surface area contributed by atoms with Crippen LogP contribution in [-0.4, -0.2) is 45.4 Å². The third kappa shape index (κ3) is 9.09. The first-order chi connectivity index (χ1) is 17.9. The van der Waals surface area contributed by atoms with Gasteiger partial charge in [-0.3, -0.25) is 9.59 Å². The zero-order valence-electron chi connectivity index (χ0n) is 21.6. The lowest BCUT2D eigenvalue weighted by molar-refractivity contribution is -0.141. The normalized spacial score (nSPS) is 17.1. The van der Waals surface area contributed by atoms with Crippen LogP contribution < -0.4 is 5.32 Å². The molecule has 1 aliphatic heterocycles. The summed E-state index contributed by atoms with van der Waals surface area (Å²) in [6.45, 7) is 4.51. The van der Waals surface area contributed by atoms with Gasteiger partial charge in [0.1, 0.15) is 11.9 Å². The summed E-state index contributed by atoms with van der Waals surface area (Å²) in [5.41, 5.74) is 1.25. The lowest BCUT2D eigenvalue weighted by Gasteiger charge is -2.26. The van der Waals surface area contributed by atoms with E-state index in [-0.39, 0.29) is 30.5 Å². The molecule has 2 aromatic rings. The fraction of sp³-hybridized carbons (Fsp3) is 0.517. The van der Waals surface area contributed by atoms with Crippen LogP contribution in [0.2, 0.25) is 5.02 Å². The fourth-order valence-electron chi connectivity index (χ4n) is 4.64. The van der Waals surface area contributed by atoms with Gasteiger partial charge in [-0.05, 0) is 73.4 Å². The summed E-state index contributed by atoms with van der Waals surface area (Å²) in [6, 6.07) is 11.3. The summed E-state index contributed by atoms with van der Waals surface area (Å²) >= 11 is 6.19. The number of ether oxygens (including phenoxy) is 3. The Kier molecular flexibility index (Phi) is 11.8. The van der Waals surface area contributed by atoms with E-state index in [0.29, 0.717) is 41.0 Å². The highest BCUT2D eigenvalue weighted by Gasteiger charge is 2.23. The van der Waals surface area contributed by atoms with Gasteiger partial charge in [-0.2, -0.15) is 0 Å². The van der Waals surface area contributed by atoms with Crippen LogP contribution in [0.5, 0.6) is 0 Å². The molecule has 1 N–H and O–H groups in total. The van der Waals surface area contributed by atoms with Gasteiger partial charge in [0.15, 0.2) is 0 Å². The van der Waals surface area contributed by atoms with Gasteiger partial charge in [0.2, 0.25) is 0 Å². The van der Waals surface area contributed by atoms with E-state index in [1.165, 1.54) is 25.3 Å². The largest absolute Gasteiger partial charge is 0.469 e. The van der Waals surface area contributed by atoms with Crippen LogP contribution in [0.1, 0.15) is 73.0 Å². The molecule has 2 aromatic carbocycles. The molecule has 0 saturated carbocycles. The molecule has 3 rings (SSSR count). The highest BCUT2D eigenvalue weighted by atomic mass is 35.5. The van der Waals surface area contributed by atoms with Gasteiger partial charge in [0, 0.05) is 48.9 Å². The Hall–Kier alpha value is -2.48. The molecule has 1 unspecified atom stereocenters. The maximum Gasteiger partial charge on any atom is 0.305 e. The molecular weight excluding hydrogens is 497 g/mol. The highest BCUT2D eigenvalue weighted by molar-refractivity contribution is 6.30. The van der Waals surface area contributed by atoms with Gasteiger partial charge in [0.25, 0.3) is 5.91 Å². The second-order valence-corrected chi connectivity index (χ2v) is 9.96. The van der Waals surface area contributed by atoms with Crippen LogP contribution in [0.25, 0.3) is 0 Å². The van der Waals surface area contributed by atoms with Crippen molar-refractivity contribution in [2.75, 3.05) is 33.5 Å². The zero-order valence-corrected chi connectivity index (χ0v) is 22.4. The van der Waals surface area contributed by atoms with Crippen LogP contribution >= 0.6 is 11.6 Å². The highest BCUT2D eigenvalue weighted by Crippen LogP contribution is 2.31. The van der Waals surface area contributed by atoms with E-state index in [9.17, 15) is 9.59 Å². The average Bonchev–Trinajstić information content (AvgIpc) is 2.91. The topological polar surface area (TPSA) is 73.9 Å². The van der Waals surface area contributed by atoms with Gasteiger partial charge in [-0.1, -0.05) is 37.1 Å². The first kappa shape index (κ1) is 29.1. The van der Waals surface area contributed by atoms with Crippen molar-refractivity contribution in [3.63, 3.8) is 0 Å². The fourth-order valence-corrected chi connectivity index (χ4v) is 4.84. The summed E-state index contributed by atoms with van der Waals surface area (Å²) in [7, 11) is 1.33. The van der Waals surface area contributed by atoms with E-state index in [2.05, 4.69) is 17.0 Å². The lowest BCUT2D eigenvalue weighted by Crippen LogP contribution is -2.31. The van der Waals surface area contributed by atoms with Crippen molar-refractivity contribution in [3.8, 4) is 0 Å². The molecule has 0 aromatic heterocycles. The van der Waals surface area contributed by atoms with Crippen LogP contribution in [0.4, 0.5) is 4.39 Å². The summed E-state index contributed by atoms with van der Waals surface area (Å²) in [5, 5.41) is 3.52. The van der Waals surface area contributed by atoms with E-state index in [1.54, 1.807) is 24.3 Å². The Labute approximate surface area is 223 Å². The molecule has 0 radical (unpaired) electrons. The molecular formula is C29H37ClFNO5. The monoisotopic (exact) mass is 533 g/mol. The van der Waals surface area contributed by atoms with Crippen molar-refractivity contribution in [3.05, 3.63) is 70.0 Å². The minimum atomic E-state index is -0.793. The molecule has 0 aliphatic carbocycles. The van der Waals surface area contributed by atoms with E-state index >= 15 is 4.39 Å². The Bertz CT molecular complexity index is 1030. The molecule has 8 heteroatoms. The van der Waals surface area contributed by atoms with Crippen molar-refractivity contribution in [2.24, 2.45) is 11.8 Å². The van der Waals surface area contributed by atoms with Gasteiger partial charge >= 0.3 is 5.97 Å². The van der Waals surface area contributed by atoms with Gasteiger partial charge in [-0.15, -0.1) is 0 Å². The molecule has 1 heterocycles. The first-order valence-corrected chi connectivity index (χ1v) is 13.4. The molecule has 1 fully saturated rings. The molecule has 1 amide bonds. The number of halogens is 2. The van der Waals surface area contributed by atoms with Crippen molar-refractivity contribution in [2.45, 2.75) is 51.6 Å². The Morgan fingerprint density at radius 1 is 1.24 bits per heavy atom. The molecule has 0 spiro atoms. The molecule has 6 nitrogen and oxygen atoms in total. The number of benzene rings is 2. The minimum absolute atomic E-state index is 0.190. The number of amides is 1. The third-order valence-corrected chi connectivity index (χ3v) is 7.01. The van der Waals surface area contributed by atoms with E-state index in [4.69, 9.17) is 21.1 Å². The van der Waals surface area contributed by atoms with Crippen molar-refractivity contribution in [1.29, 1.82) is 0 Å². The van der Waals surface area contributed by atoms with Crippen LogP contribution in [0.15, 0.2) is 42.5 Å². The number of rotatable bonds is 13. The first-order valence-electron chi connectivity index (χ1n) is 13.0. The van der Waals surface area contributed by atoms with E-state index in [1.807, 2.05) is 0 Å². The Balaban J connectivity index is 1.72. The number of carbonyl (C=O) groups excluding carboxylic acids is 2. The standard InChI is InChI=1S/C29H37ClFNO5/c1-3-20(15-21-7-5-13-36-19-21)18-32-29(34)23-11-12-26(31)25(17-23)28(22-8-4-9-24(30)16-22)37-14-6-10-27(33)35-2/h4,8-9,11-12,16-17,20-21,28H,3,5-7,10,13-15,18-19H2,1-2H3,(H,32,34)/t20-,21+,28?/m0/s1. The van der Waals surface area contributed by atoms with Gasteiger partial charge in [-0.25, -0.2) is 4.39 Å². The number of hydrogen-bond acceptors (Lipinski definition) is 5. The van der Waals surface area contributed by atoms with Gasteiger partial charge in [0.05, 0.1) is 7.11 Å². The number of carbonyl (C=O) groups is 2. The van der Waals surface area contributed by atoms with Crippen molar-refractivity contribution in [1.82, 2.24) is 5.32 Å². The number of esters is 1. The van der Waals surface area contributed by atoms with Crippen LogP contribution in [-0.2, 0) is 19.0 Å². The summed E-state index contributed by atoms with van der Waals surface area (Å²) in [6.07, 6.45) is 4.04. The molecule has 0 bridgehead atoms. The van der Waals surface area contributed by atoms with Crippen LogP contribution in [0.3, 0.4) is 0 Å². The van der Waals surface area contributed by atoms with E-state index in [0.717, 1.165) is 38.9 Å². The Morgan fingerprint density at radius 3 is 2.78 bits per heavy atom. The van der Waals surface area contributed by atoms with Crippen molar-refractivity contribution < 1.29 is 28.2 Å². The predicted molar refractivity (Wildman–Crippen MR) is 141 cm³/mol. The molecule has 1 aliphatic rings. The Morgan fingerprint density at radius 2 is 2.08 bits per heavy atom. The molecule has 3 atom stereocenters. The van der Waals surface area contributed by atoms with Crippen LogP contribution in [0, 0.1) is 17.7 Å². The summed E-state index contributed by atoms with van der Waals surface area (Å²) in [5.74, 6) is -0.196. The summed E-state index contributed by atoms with van der Waals surface area (Å²) < 4.78 is 31.4. The molecule has 1 saturated heterocycles. The maximum absolute atomic E-state index is 15.1. The lowest BCUT2D eigenvalue weighted by atomic mass is 9.89. The summed E-state index contributed by atoms with van der Waals surface area (Å²) in [4.78, 5) is 24.5. The number of nitrogens with one attached hydrogen (secondary N) is 1. The maximum atomic E-state index is 15.1. The molecule has 202 valence electrons. The second-order valence-electron chi connectivity index (χ2n) is 9.52. The van der Waals surface area contributed by atoms with E-state index < -0.39 is 11.9 Å². The van der Waals surface area contributed by atoms with Crippen molar-refractivity contribution >= 4 is 23.5 Å².